The minimum Gasteiger partial charge on any atom is -0.379 e. The average molecular weight is 437 g/mol. The maximum atomic E-state index is 12.8. The highest BCUT2D eigenvalue weighted by Crippen LogP contribution is 2.21. The molecule has 9 heteroatoms. The molecule has 3 aromatic rings. The number of fused-ring (bicyclic) bond motifs is 1. The quantitative estimate of drug-likeness (QED) is 0.584. The predicted molar refractivity (Wildman–Crippen MR) is 120 cm³/mol. The number of nitrogens with zero attached hydrogens (tertiary/aromatic N) is 4. The molecule has 0 atom stereocenters. The number of carbonyl (C=O) groups is 2. The molecule has 0 bridgehead atoms. The van der Waals surface area contributed by atoms with Crippen LogP contribution in [-0.2, 0) is 22.5 Å². The number of hydrogen-bond acceptors (Lipinski definition) is 6. The Morgan fingerprint density at radius 1 is 1.19 bits per heavy atom. The number of primary amides is 1. The number of rotatable bonds is 7. The highest BCUT2D eigenvalue weighted by molar-refractivity contribution is 5.98. The van der Waals surface area contributed by atoms with E-state index in [0.29, 0.717) is 18.5 Å². The number of benzene rings is 1. The van der Waals surface area contributed by atoms with E-state index in [1.165, 1.54) is 6.20 Å². The van der Waals surface area contributed by atoms with Gasteiger partial charge in [-0.25, -0.2) is 9.50 Å². The molecule has 0 radical (unpaired) electrons. The van der Waals surface area contributed by atoms with Gasteiger partial charge in [-0.05, 0) is 37.5 Å². The number of para-hydroxylation sites is 1. The molecule has 1 aliphatic rings. The highest BCUT2D eigenvalue weighted by Gasteiger charge is 2.18. The van der Waals surface area contributed by atoms with Gasteiger partial charge in [0.1, 0.15) is 5.56 Å². The van der Waals surface area contributed by atoms with Gasteiger partial charge >= 0.3 is 0 Å². The Hall–Kier alpha value is -3.30. The molecule has 1 aliphatic heterocycles. The van der Waals surface area contributed by atoms with Crippen LogP contribution in [0.4, 0.5) is 5.69 Å². The molecule has 2 amide bonds. The van der Waals surface area contributed by atoms with Crippen molar-refractivity contribution in [2.75, 3.05) is 31.6 Å². The molecule has 1 fully saturated rings. The number of morpholine rings is 1. The number of aromatic nitrogens is 3. The van der Waals surface area contributed by atoms with E-state index < -0.39 is 5.91 Å². The largest absolute Gasteiger partial charge is 0.379 e. The topological polar surface area (TPSA) is 115 Å². The zero-order valence-electron chi connectivity index (χ0n) is 18.4. The van der Waals surface area contributed by atoms with Crippen LogP contribution in [0.3, 0.4) is 0 Å². The van der Waals surface area contributed by atoms with Crippen LogP contribution in [0, 0.1) is 13.8 Å². The van der Waals surface area contributed by atoms with E-state index >= 15 is 0 Å². The molecule has 2 aromatic heterocycles. The van der Waals surface area contributed by atoms with Gasteiger partial charge in [0.05, 0.1) is 19.4 Å². The van der Waals surface area contributed by atoms with Gasteiger partial charge in [0.2, 0.25) is 5.91 Å². The monoisotopic (exact) mass is 436 g/mol. The molecule has 4 rings (SSSR count). The molecule has 0 saturated carbocycles. The number of hydrogen-bond donors (Lipinski definition) is 2. The summed E-state index contributed by atoms with van der Waals surface area (Å²) < 4.78 is 7.03. The normalized spacial score (nSPS) is 14.6. The zero-order chi connectivity index (χ0) is 22.7. The van der Waals surface area contributed by atoms with Crippen LogP contribution in [0.15, 0.2) is 30.5 Å². The maximum Gasteiger partial charge on any atom is 0.254 e. The first kappa shape index (κ1) is 21.9. The number of ether oxygens (including phenoxy) is 1. The Kier molecular flexibility index (Phi) is 6.48. The molecule has 32 heavy (non-hydrogen) atoms. The third-order valence-electron chi connectivity index (χ3n) is 5.87. The van der Waals surface area contributed by atoms with Crippen LogP contribution in [-0.4, -0.2) is 57.6 Å². The van der Waals surface area contributed by atoms with E-state index in [-0.39, 0.29) is 11.5 Å². The molecule has 3 heterocycles. The van der Waals surface area contributed by atoms with Crippen molar-refractivity contribution in [1.29, 1.82) is 0 Å². The van der Waals surface area contributed by atoms with Crippen molar-refractivity contribution >= 4 is 23.1 Å². The van der Waals surface area contributed by atoms with E-state index in [1.54, 1.807) is 4.52 Å². The first-order valence-corrected chi connectivity index (χ1v) is 10.8. The average Bonchev–Trinajstić information content (AvgIpc) is 3.20. The fourth-order valence-corrected chi connectivity index (χ4v) is 4.08. The summed E-state index contributed by atoms with van der Waals surface area (Å²) >= 11 is 0. The van der Waals surface area contributed by atoms with Gasteiger partial charge in [-0.2, -0.15) is 5.10 Å². The van der Waals surface area contributed by atoms with Crippen LogP contribution in [0.5, 0.6) is 0 Å². The van der Waals surface area contributed by atoms with Crippen molar-refractivity contribution in [1.82, 2.24) is 19.5 Å². The van der Waals surface area contributed by atoms with E-state index in [1.807, 2.05) is 38.1 Å². The first-order chi connectivity index (χ1) is 15.4. The maximum absolute atomic E-state index is 12.8. The molecular formula is C23H28N6O3. The molecule has 0 aliphatic carbocycles. The van der Waals surface area contributed by atoms with Gasteiger partial charge < -0.3 is 15.8 Å². The number of nitrogens with one attached hydrogen (secondary N) is 1. The summed E-state index contributed by atoms with van der Waals surface area (Å²) in [7, 11) is 0. The Morgan fingerprint density at radius 2 is 1.94 bits per heavy atom. The summed E-state index contributed by atoms with van der Waals surface area (Å²) in [4.78, 5) is 31.2. The van der Waals surface area contributed by atoms with E-state index in [2.05, 4.69) is 20.3 Å². The minimum absolute atomic E-state index is 0.0587. The smallest absolute Gasteiger partial charge is 0.254 e. The van der Waals surface area contributed by atoms with E-state index in [9.17, 15) is 9.59 Å². The van der Waals surface area contributed by atoms with E-state index in [4.69, 9.17) is 10.5 Å². The summed E-state index contributed by atoms with van der Waals surface area (Å²) in [6.07, 6.45) is 2.26. The SMILES string of the molecule is Cc1nc2c(C(N)=O)cnn2c(C)c1CCC(=O)Nc1ccccc1CN1CCOCC1. The lowest BCUT2D eigenvalue weighted by molar-refractivity contribution is -0.116. The van der Waals surface area contributed by atoms with Crippen LogP contribution >= 0.6 is 0 Å². The Bertz CT molecular complexity index is 1150. The van der Waals surface area contributed by atoms with Gasteiger partial charge in [0.15, 0.2) is 5.65 Å². The van der Waals surface area contributed by atoms with Crippen LogP contribution in [0.1, 0.15) is 39.3 Å². The second-order valence-electron chi connectivity index (χ2n) is 8.01. The number of nitrogens with two attached hydrogens (primary N) is 1. The fourth-order valence-electron chi connectivity index (χ4n) is 4.08. The lowest BCUT2D eigenvalue weighted by Crippen LogP contribution is -2.35. The Balaban J connectivity index is 1.45. The summed E-state index contributed by atoms with van der Waals surface area (Å²) in [6.45, 7) is 7.81. The third-order valence-corrected chi connectivity index (χ3v) is 5.87. The summed E-state index contributed by atoms with van der Waals surface area (Å²) in [5.41, 5.74) is 10.6. The van der Waals surface area contributed by atoms with Crippen LogP contribution in [0.2, 0.25) is 0 Å². The molecule has 3 N–H and O–H groups in total. The zero-order valence-corrected chi connectivity index (χ0v) is 18.4. The Morgan fingerprint density at radius 3 is 2.69 bits per heavy atom. The van der Waals surface area contributed by atoms with Crippen molar-refractivity contribution < 1.29 is 14.3 Å². The highest BCUT2D eigenvalue weighted by atomic mass is 16.5. The lowest BCUT2D eigenvalue weighted by Gasteiger charge is -2.27. The van der Waals surface area contributed by atoms with Crippen molar-refractivity contribution in [3.8, 4) is 0 Å². The van der Waals surface area contributed by atoms with Gasteiger partial charge in [0.25, 0.3) is 5.91 Å². The van der Waals surface area contributed by atoms with Crippen molar-refractivity contribution in [3.63, 3.8) is 0 Å². The molecule has 0 unspecified atom stereocenters. The summed E-state index contributed by atoms with van der Waals surface area (Å²) in [5.74, 6) is -0.620. The van der Waals surface area contributed by atoms with E-state index in [0.717, 1.165) is 61.1 Å². The molecule has 9 nitrogen and oxygen atoms in total. The van der Waals surface area contributed by atoms with Gasteiger partial charge in [-0.15, -0.1) is 0 Å². The molecule has 0 spiro atoms. The van der Waals surface area contributed by atoms with Gasteiger partial charge in [-0.3, -0.25) is 14.5 Å². The second-order valence-corrected chi connectivity index (χ2v) is 8.01. The molecule has 1 saturated heterocycles. The summed E-state index contributed by atoms with van der Waals surface area (Å²) in [6, 6.07) is 7.90. The number of aryl methyl sites for hydroxylation is 2. The fraction of sp³-hybridized carbons (Fsp3) is 0.391. The second kappa shape index (κ2) is 9.46. The van der Waals surface area contributed by atoms with Crippen LogP contribution in [0.25, 0.3) is 5.65 Å². The standard InChI is InChI=1S/C23H28N6O3/c1-15-18(16(2)29-23(26-15)19(13-25-29)22(24)31)7-8-21(30)27-20-6-4-3-5-17(20)14-28-9-11-32-12-10-28/h3-6,13H,7-12,14H2,1-2H3,(H2,24,31)(H,27,30). The first-order valence-electron chi connectivity index (χ1n) is 10.8. The lowest BCUT2D eigenvalue weighted by atomic mass is 10.1. The third kappa shape index (κ3) is 4.63. The molecular weight excluding hydrogens is 408 g/mol. The van der Waals surface area contributed by atoms with Gasteiger partial charge in [-0.1, -0.05) is 18.2 Å². The molecule has 1 aromatic carbocycles. The predicted octanol–water partition coefficient (Wildman–Crippen LogP) is 1.85. The van der Waals surface area contributed by atoms with Crippen molar-refractivity contribution in [3.05, 3.63) is 58.5 Å². The Labute approximate surface area is 186 Å². The number of carbonyl (C=O) groups excluding carboxylic acids is 2. The molecule has 168 valence electrons. The summed E-state index contributed by atoms with van der Waals surface area (Å²) in [5, 5.41) is 7.31. The number of amides is 2. The van der Waals surface area contributed by atoms with Crippen LogP contribution < -0.4 is 11.1 Å². The minimum atomic E-state index is -0.561. The van der Waals surface area contributed by atoms with Crippen molar-refractivity contribution in [2.45, 2.75) is 33.2 Å². The van der Waals surface area contributed by atoms with Gasteiger partial charge in [0, 0.05) is 43.1 Å². The van der Waals surface area contributed by atoms with Crippen molar-refractivity contribution in [2.24, 2.45) is 5.73 Å². The number of anilines is 1.